The van der Waals surface area contributed by atoms with Gasteiger partial charge in [0.25, 0.3) is 5.91 Å². The average molecular weight is 380 g/mol. The molecule has 27 heavy (non-hydrogen) atoms. The van der Waals surface area contributed by atoms with Crippen molar-refractivity contribution in [2.24, 2.45) is 0 Å². The summed E-state index contributed by atoms with van der Waals surface area (Å²) in [7, 11) is 0. The SMILES string of the molecule is O=C(Nc1ccc2nc(N3CCOCC3)sc2c1)c1ccc2nncn2c1. The summed E-state index contributed by atoms with van der Waals surface area (Å²) in [6, 6.07) is 9.28. The van der Waals surface area contributed by atoms with Crippen LogP contribution in [0.2, 0.25) is 0 Å². The molecule has 0 spiro atoms. The molecule has 8 nitrogen and oxygen atoms in total. The highest BCUT2D eigenvalue weighted by Gasteiger charge is 2.16. The van der Waals surface area contributed by atoms with Crippen LogP contribution in [0.5, 0.6) is 0 Å². The first-order chi connectivity index (χ1) is 13.3. The standard InChI is InChI=1S/C18H16N6O2S/c25-17(12-1-4-16-22-19-11-24(16)10-12)20-13-2-3-14-15(9-13)27-18(21-14)23-5-7-26-8-6-23/h1-4,9-11H,5-8H2,(H,20,25). The molecule has 9 heteroatoms. The van der Waals surface area contributed by atoms with Gasteiger partial charge in [-0.15, -0.1) is 10.2 Å². The first kappa shape index (κ1) is 16.2. The molecule has 5 rings (SSSR count). The number of fused-ring (bicyclic) bond motifs is 2. The van der Waals surface area contributed by atoms with Gasteiger partial charge in [-0.25, -0.2) is 4.98 Å². The normalized spacial score (nSPS) is 14.7. The molecule has 0 bridgehead atoms. The molecule has 0 radical (unpaired) electrons. The number of hydrogen-bond donors (Lipinski definition) is 1. The van der Waals surface area contributed by atoms with Gasteiger partial charge in [0.05, 0.1) is 29.0 Å². The van der Waals surface area contributed by atoms with Crippen molar-refractivity contribution < 1.29 is 9.53 Å². The van der Waals surface area contributed by atoms with E-state index >= 15 is 0 Å². The van der Waals surface area contributed by atoms with Gasteiger partial charge in [0.2, 0.25) is 0 Å². The van der Waals surface area contributed by atoms with Crippen molar-refractivity contribution in [1.29, 1.82) is 0 Å². The molecule has 0 atom stereocenters. The van der Waals surface area contributed by atoms with E-state index in [0.717, 1.165) is 47.3 Å². The van der Waals surface area contributed by atoms with Crippen molar-refractivity contribution in [3.63, 3.8) is 0 Å². The number of thiazole rings is 1. The summed E-state index contributed by atoms with van der Waals surface area (Å²) in [5.41, 5.74) is 2.92. The zero-order valence-electron chi connectivity index (χ0n) is 14.3. The summed E-state index contributed by atoms with van der Waals surface area (Å²) in [6.45, 7) is 3.17. The molecule has 1 saturated heterocycles. The van der Waals surface area contributed by atoms with Crippen LogP contribution in [-0.2, 0) is 4.74 Å². The lowest BCUT2D eigenvalue weighted by molar-refractivity contribution is 0.102. The summed E-state index contributed by atoms with van der Waals surface area (Å²) in [6.07, 6.45) is 3.29. The number of nitrogens with one attached hydrogen (secondary N) is 1. The largest absolute Gasteiger partial charge is 0.378 e. The maximum absolute atomic E-state index is 12.6. The minimum atomic E-state index is -0.178. The Labute approximate surface area is 158 Å². The number of morpholine rings is 1. The first-order valence-corrected chi connectivity index (χ1v) is 9.42. The number of ether oxygens (including phenoxy) is 1. The van der Waals surface area contributed by atoms with Gasteiger partial charge in [-0.1, -0.05) is 11.3 Å². The highest BCUT2D eigenvalue weighted by Crippen LogP contribution is 2.31. The number of anilines is 2. The predicted octanol–water partition coefficient (Wildman–Crippen LogP) is 2.43. The molecule has 136 valence electrons. The predicted molar refractivity (Wildman–Crippen MR) is 104 cm³/mol. The van der Waals surface area contributed by atoms with Crippen molar-refractivity contribution in [1.82, 2.24) is 19.6 Å². The lowest BCUT2D eigenvalue weighted by Crippen LogP contribution is -2.36. The fraction of sp³-hybridized carbons (Fsp3) is 0.222. The summed E-state index contributed by atoms with van der Waals surface area (Å²) in [4.78, 5) is 19.5. The molecular formula is C18H16N6O2S. The highest BCUT2D eigenvalue weighted by atomic mass is 32.1. The number of rotatable bonds is 3. The van der Waals surface area contributed by atoms with Crippen molar-refractivity contribution in [3.05, 3.63) is 48.4 Å². The second kappa shape index (κ2) is 6.60. The minimum Gasteiger partial charge on any atom is -0.378 e. The molecule has 4 aromatic rings. The zero-order valence-corrected chi connectivity index (χ0v) is 15.1. The van der Waals surface area contributed by atoms with Crippen LogP contribution in [0.4, 0.5) is 10.8 Å². The van der Waals surface area contributed by atoms with E-state index in [-0.39, 0.29) is 5.91 Å². The Morgan fingerprint density at radius 3 is 2.96 bits per heavy atom. The summed E-state index contributed by atoms with van der Waals surface area (Å²) >= 11 is 1.63. The highest BCUT2D eigenvalue weighted by molar-refractivity contribution is 7.22. The summed E-state index contributed by atoms with van der Waals surface area (Å²) in [5, 5.41) is 11.7. The number of benzene rings is 1. The Morgan fingerprint density at radius 1 is 1.19 bits per heavy atom. The maximum Gasteiger partial charge on any atom is 0.257 e. The topological polar surface area (TPSA) is 84.7 Å². The Hall–Kier alpha value is -3.04. The van der Waals surface area contributed by atoms with E-state index in [4.69, 9.17) is 9.72 Å². The van der Waals surface area contributed by atoms with E-state index in [1.165, 1.54) is 0 Å². The van der Waals surface area contributed by atoms with Crippen LogP contribution in [-0.4, -0.2) is 51.8 Å². The van der Waals surface area contributed by atoms with Gasteiger partial charge in [-0.2, -0.15) is 0 Å². The number of nitrogens with zero attached hydrogens (tertiary/aromatic N) is 5. The van der Waals surface area contributed by atoms with E-state index in [1.807, 2.05) is 18.2 Å². The number of pyridine rings is 1. The Kier molecular flexibility index (Phi) is 3.95. The van der Waals surface area contributed by atoms with Gasteiger partial charge >= 0.3 is 0 Å². The molecule has 0 aliphatic carbocycles. The van der Waals surface area contributed by atoms with Gasteiger partial charge in [0, 0.05) is 25.0 Å². The van der Waals surface area contributed by atoms with Crippen LogP contribution < -0.4 is 10.2 Å². The molecule has 1 amide bonds. The third-order valence-corrected chi connectivity index (χ3v) is 5.55. The Bertz CT molecular complexity index is 1130. The lowest BCUT2D eigenvalue weighted by Gasteiger charge is -2.25. The van der Waals surface area contributed by atoms with Gasteiger partial charge < -0.3 is 15.0 Å². The third kappa shape index (κ3) is 3.11. The fourth-order valence-corrected chi connectivity index (χ4v) is 4.10. The molecule has 1 fully saturated rings. The van der Waals surface area contributed by atoms with Crippen molar-refractivity contribution >= 4 is 43.9 Å². The minimum absolute atomic E-state index is 0.178. The molecule has 1 aromatic carbocycles. The number of hydrogen-bond acceptors (Lipinski definition) is 7. The van der Waals surface area contributed by atoms with E-state index in [9.17, 15) is 4.79 Å². The smallest absolute Gasteiger partial charge is 0.257 e. The quantitative estimate of drug-likeness (QED) is 0.588. The fourth-order valence-electron chi connectivity index (χ4n) is 3.05. The van der Waals surface area contributed by atoms with Crippen LogP contribution in [0, 0.1) is 0 Å². The Balaban J connectivity index is 1.38. The second-order valence-electron chi connectivity index (χ2n) is 6.25. The molecule has 0 saturated carbocycles. The van der Waals surface area contributed by atoms with Gasteiger partial charge in [-0.3, -0.25) is 9.20 Å². The molecule has 1 aliphatic heterocycles. The second-order valence-corrected chi connectivity index (χ2v) is 7.26. The number of carbonyl (C=O) groups is 1. The van der Waals surface area contributed by atoms with E-state index < -0.39 is 0 Å². The van der Waals surface area contributed by atoms with E-state index in [0.29, 0.717) is 11.2 Å². The van der Waals surface area contributed by atoms with Crippen LogP contribution in [0.25, 0.3) is 15.9 Å². The molecular weight excluding hydrogens is 364 g/mol. The Morgan fingerprint density at radius 2 is 2.07 bits per heavy atom. The molecule has 1 aliphatic rings. The third-order valence-electron chi connectivity index (χ3n) is 4.47. The summed E-state index contributed by atoms with van der Waals surface area (Å²) < 4.78 is 8.16. The van der Waals surface area contributed by atoms with Crippen LogP contribution in [0.15, 0.2) is 42.9 Å². The molecule has 3 aromatic heterocycles. The summed E-state index contributed by atoms with van der Waals surface area (Å²) in [5.74, 6) is -0.178. The van der Waals surface area contributed by atoms with Crippen molar-refractivity contribution in [3.8, 4) is 0 Å². The van der Waals surface area contributed by atoms with E-state index in [1.54, 1.807) is 40.4 Å². The number of carbonyl (C=O) groups excluding carboxylic acids is 1. The average Bonchev–Trinajstić information content (AvgIpc) is 3.34. The van der Waals surface area contributed by atoms with Crippen molar-refractivity contribution in [2.45, 2.75) is 0 Å². The van der Waals surface area contributed by atoms with Gasteiger partial charge in [-0.05, 0) is 30.3 Å². The maximum atomic E-state index is 12.6. The molecule has 4 heterocycles. The van der Waals surface area contributed by atoms with E-state index in [2.05, 4.69) is 20.4 Å². The van der Waals surface area contributed by atoms with Crippen LogP contribution >= 0.6 is 11.3 Å². The number of aromatic nitrogens is 4. The van der Waals surface area contributed by atoms with Crippen LogP contribution in [0.1, 0.15) is 10.4 Å². The van der Waals surface area contributed by atoms with Crippen molar-refractivity contribution in [2.75, 3.05) is 36.5 Å². The number of amides is 1. The molecule has 0 unspecified atom stereocenters. The van der Waals surface area contributed by atoms with Gasteiger partial charge in [0.15, 0.2) is 10.8 Å². The first-order valence-electron chi connectivity index (χ1n) is 8.60. The van der Waals surface area contributed by atoms with Gasteiger partial charge in [0.1, 0.15) is 6.33 Å². The molecule has 1 N–H and O–H groups in total. The lowest BCUT2D eigenvalue weighted by atomic mass is 10.2. The van der Waals surface area contributed by atoms with Crippen LogP contribution in [0.3, 0.4) is 0 Å². The zero-order chi connectivity index (χ0) is 18.2. The monoisotopic (exact) mass is 380 g/mol.